The zero-order valence-corrected chi connectivity index (χ0v) is 7.65. The van der Waals surface area contributed by atoms with Crippen molar-refractivity contribution in [3.05, 3.63) is 11.3 Å². The van der Waals surface area contributed by atoms with Gasteiger partial charge in [0.1, 0.15) is 5.69 Å². The van der Waals surface area contributed by atoms with Crippen LogP contribution in [0.5, 0.6) is 0 Å². The number of carboxylic acid groups (broad SMARTS) is 1. The van der Waals surface area contributed by atoms with E-state index in [4.69, 9.17) is 5.11 Å². The van der Waals surface area contributed by atoms with Crippen LogP contribution in [-0.4, -0.2) is 27.8 Å². The van der Waals surface area contributed by atoms with Crippen LogP contribution in [0.1, 0.15) is 22.5 Å². The summed E-state index contributed by atoms with van der Waals surface area (Å²) in [4.78, 5) is 10.6. The van der Waals surface area contributed by atoms with Crippen LogP contribution in [0.4, 0.5) is 5.82 Å². The molecule has 0 amide bonds. The summed E-state index contributed by atoms with van der Waals surface area (Å²) in [6, 6.07) is 0. The molecular formula is C7H10ClN3O2. The summed E-state index contributed by atoms with van der Waals surface area (Å²) in [7, 11) is 0. The average Bonchev–Trinajstić information content (AvgIpc) is 2.47. The van der Waals surface area contributed by atoms with E-state index in [1.807, 2.05) is 0 Å². The van der Waals surface area contributed by atoms with Gasteiger partial charge in [-0.2, -0.15) is 5.10 Å². The van der Waals surface area contributed by atoms with Crippen molar-refractivity contribution in [2.75, 3.05) is 11.9 Å². The second-order valence-corrected chi connectivity index (χ2v) is 2.76. The summed E-state index contributed by atoms with van der Waals surface area (Å²) in [6.45, 7) is 0.872. The highest BCUT2D eigenvalue weighted by Crippen LogP contribution is 2.21. The monoisotopic (exact) mass is 203 g/mol. The molecule has 0 aromatic carbocycles. The Morgan fingerprint density at radius 3 is 3.00 bits per heavy atom. The summed E-state index contributed by atoms with van der Waals surface area (Å²) in [5, 5.41) is 18.1. The fourth-order valence-electron chi connectivity index (χ4n) is 1.40. The molecule has 1 aromatic rings. The summed E-state index contributed by atoms with van der Waals surface area (Å²) < 4.78 is 0. The molecule has 13 heavy (non-hydrogen) atoms. The number of hydrogen-bond donors (Lipinski definition) is 3. The van der Waals surface area contributed by atoms with Crippen molar-refractivity contribution in [2.24, 2.45) is 0 Å². The smallest absolute Gasteiger partial charge is 0.354 e. The van der Waals surface area contributed by atoms with Crippen molar-refractivity contribution in [2.45, 2.75) is 12.8 Å². The van der Waals surface area contributed by atoms with E-state index in [1.165, 1.54) is 0 Å². The minimum Gasteiger partial charge on any atom is -0.477 e. The van der Waals surface area contributed by atoms with E-state index in [0.717, 1.165) is 24.9 Å². The molecule has 0 saturated carbocycles. The molecule has 0 saturated heterocycles. The summed E-state index contributed by atoms with van der Waals surface area (Å²) in [5.74, 6) is -0.244. The van der Waals surface area contributed by atoms with Crippen molar-refractivity contribution in [1.82, 2.24) is 10.2 Å². The molecule has 0 fully saturated rings. The lowest BCUT2D eigenvalue weighted by Crippen LogP contribution is -2.12. The van der Waals surface area contributed by atoms with Crippen LogP contribution in [0.25, 0.3) is 0 Å². The third-order valence-corrected chi connectivity index (χ3v) is 1.98. The predicted octanol–water partition coefficient (Wildman–Crippen LogP) is 0.888. The van der Waals surface area contributed by atoms with Gasteiger partial charge in [-0.25, -0.2) is 4.79 Å². The maximum atomic E-state index is 10.6. The van der Waals surface area contributed by atoms with Gasteiger partial charge in [0.05, 0.1) is 0 Å². The molecule has 1 aromatic heterocycles. The zero-order valence-electron chi connectivity index (χ0n) is 6.83. The number of anilines is 1. The Hall–Kier alpha value is -1.23. The molecule has 2 rings (SSSR count). The summed E-state index contributed by atoms with van der Waals surface area (Å²) in [6.07, 6.45) is 1.76. The number of carbonyl (C=O) groups is 1. The van der Waals surface area contributed by atoms with Gasteiger partial charge in [-0.1, -0.05) is 0 Å². The van der Waals surface area contributed by atoms with Crippen LogP contribution >= 0.6 is 12.4 Å². The fourth-order valence-corrected chi connectivity index (χ4v) is 1.40. The number of aromatic amines is 1. The highest BCUT2D eigenvalue weighted by atomic mass is 35.5. The molecule has 5 nitrogen and oxygen atoms in total. The Morgan fingerprint density at radius 1 is 1.54 bits per heavy atom. The fraction of sp³-hybridized carbons (Fsp3) is 0.429. The Balaban J connectivity index is 0.000000845. The van der Waals surface area contributed by atoms with Gasteiger partial charge in [0.2, 0.25) is 0 Å². The number of carboxylic acids is 1. The van der Waals surface area contributed by atoms with Crippen LogP contribution < -0.4 is 5.32 Å². The third kappa shape index (κ3) is 1.60. The first-order chi connectivity index (χ1) is 5.79. The number of aromatic carboxylic acids is 1. The Kier molecular flexibility index (Phi) is 2.77. The predicted molar refractivity (Wildman–Crippen MR) is 49.6 cm³/mol. The van der Waals surface area contributed by atoms with Gasteiger partial charge in [0.15, 0.2) is 5.82 Å². The molecule has 6 heteroatoms. The molecule has 1 aliphatic heterocycles. The maximum Gasteiger partial charge on any atom is 0.354 e. The van der Waals surface area contributed by atoms with Gasteiger partial charge in [-0.3, -0.25) is 5.10 Å². The second kappa shape index (κ2) is 3.66. The van der Waals surface area contributed by atoms with Crippen LogP contribution in [0, 0.1) is 0 Å². The standard InChI is InChI=1S/C7H9N3O2.ClH/c11-7(12)5-4-2-1-3-8-6(4)10-9-5;/h1-3H2,(H,11,12)(H2,8,9,10);1H. The van der Waals surface area contributed by atoms with Crippen molar-refractivity contribution in [1.29, 1.82) is 0 Å². The highest BCUT2D eigenvalue weighted by molar-refractivity contribution is 5.88. The van der Waals surface area contributed by atoms with Crippen LogP contribution in [0.15, 0.2) is 0 Å². The number of hydrogen-bond acceptors (Lipinski definition) is 3. The number of H-pyrrole nitrogens is 1. The SMILES string of the molecule is Cl.O=C(O)c1[nH]nc2c1CCCN2. The first-order valence-electron chi connectivity index (χ1n) is 3.83. The molecule has 0 radical (unpaired) electrons. The van der Waals surface area contributed by atoms with Crippen LogP contribution in [0.2, 0.25) is 0 Å². The molecule has 72 valence electrons. The quantitative estimate of drug-likeness (QED) is 0.634. The molecule has 2 heterocycles. The lowest BCUT2D eigenvalue weighted by molar-refractivity contribution is 0.0689. The minimum absolute atomic E-state index is 0. The van der Waals surface area contributed by atoms with E-state index in [-0.39, 0.29) is 18.1 Å². The van der Waals surface area contributed by atoms with Crippen molar-refractivity contribution in [3.63, 3.8) is 0 Å². The molecule has 0 aliphatic carbocycles. The number of nitrogens with one attached hydrogen (secondary N) is 2. The average molecular weight is 204 g/mol. The Morgan fingerprint density at radius 2 is 2.31 bits per heavy atom. The molecule has 0 bridgehead atoms. The first-order valence-corrected chi connectivity index (χ1v) is 3.83. The van der Waals surface area contributed by atoms with E-state index in [2.05, 4.69) is 15.5 Å². The topological polar surface area (TPSA) is 78.0 Å². The zero-order chi connectivity index (χ0) is 8.55. The van der Waals surface area contributed by atoms with Gasteiger partial charge >= 0.3 is 5.97 Å². The van der Waals surface area contributed by atoms with Gasteiger partial charge in [-0.05, 0) is 12.8 Å². The Labute approximate surface area is 80.9 Å². The van der Waals surface area contributed by atoms with E-state index in [1.54, 1.807) is 0 Å². The largest absolute Gasteiger partial charge is 0.477 e. The van der Waals surface area contributed by atoms with E-state index in [9.17, 15) is 4.79 Å². The number of rotatable bonds is 1. The minimum atomic E-state index is -0.938. The lowest BCUT2D eigenvalue weighted by Gasteiger charge is -2.11. The molecule has 0 spiro atoms. The van der Waals surface area contributed by atoms with Gasteiger partial charge < -0.3 is 10.4 Å². The second-order valence-electron chi connectivity index (χ2n) is 2.76. The molecule has 0 atom stereocenters. The van der Waals surface area contributed by atoms with Gasteiger partial charge in [0.25, 0.3) is 0 Å². The molecule has 1 aliphatic rings. The summed E-state index contributed by atoms with van der Waals surface area (Å²) in [5.41, 5.74) is 1.02. The molecule has 3 N–H and O–H groups in total. The van der Waals surface area contributed by atoms with E-state index in [0.29, 0.717) is 5.82 Å². The van der Waals surface area contributed by atoms with Gasteiger partial charge in [0, 0.05) is 12.1 Å². The van der Waals surface area contributed by atoms with Crippen molar-refractivity contribution >= 4 is 24.2 Å². The summed E-state index contributed by atoms with van der Waals surface area (Å²) >= 11 is 0. The van der Waals surface area contributed by atoms with Gasteiger partial charge in [-0.15, -0.1) is 12.4 Å². The van der Waals surface area contributed by atoms with E-state index < -0.39 is 5.97 Å². The molecular weight excluding hydrogens is 194 g/mol. The van der Waals surface area contributed by atoms with Crippen molar-refractivity contribution < 1.29 is 9.90 Å². The van der Waals surface area contributed by atoms with Crippen molar-refractivity contribution in [3.8, 4) is 0 Å². The van der Waals surface area contributed by atoms with Crippen LogP contribution in [-0.2, 0) is 6.42 Å². The maximum absolute atomic E-state index is 10.6. The number of fused-ring (bicyclic) bond motifs is 1. The molecule has 0 unspecified atom stereocenters. The van der Waals surface area contributed by atoms with Crippen LogP contribution in [0.3, 0.4) is 0 Å². The third-order valence-electron chi connectivity index (χ3n) is 1.98. The lowest BCUT2D eigenvalue weighted by atomic mass is 10.1. The van der Waals surface area contributed by atoms with E-state index >= 15 is 0 Å². The first kappa shape index (κ1) is 9.85. The normalized spacial score (nSPS) is 13.8. The number of halogens is 1. The highest BCUT2D eigenvalue weighted by Gasteiger charge is 2.20. The number of aromatic nitrogens is 2. The number of nitrogens with zero attached hydrogens (tertiary/aromatic N) is 1. The Bertz CT molecular complexity index is 324.